The molecule has 0 bridgehead atoms. The molecule has 3 fully saturated rings. The standard InChI is InChI=1S/C40H42F3N7O7S/c1-39(16-17-39)58(55,56)48-37(54)40-21-23(40)9-5-3-2-4-6-12-31(44-33(51)30-15-18-50(47-30)38(42)43)36(53)49-22-25(20-32(49)34(52)46-40)57-35-28-19-24(41)13-14-26(28)27-10-7-8-11-29(27)45-35/h5,7-11,13-15,18-19,23,25,31-32,38H,2-4,6,12,16-17,20-22H2,1H3,(H,44,51)(H,46,52)(H,48,54)/b9-5-/t23-,25-,31+,32+,40-/m1/s1. The van der Waals surface area contributed by atoms with Gasteiger partial charge in [-0.05, 0) is 75.1 Å². The number of fused-ring (bicyclic) bond motifs is 5. The highest BCUT2D eigenvalue weighted by Gasteiger charge is 2.63. The quantitative estimate of drug-likeness (QED) is 0.168. The molecule has 2 saturated carbocycles. The van der Waals surface area contributed by atoms with Crippen LogP contribution in [0.15, 0.2) is 66.9 Å². The Morgan fingerprint density at radius 3 is 2.59 bits per heavy atom. The lowest BCUT2D eigenvalue weighted by molar-refractivity contribution is -0.141. The number of sulfonamides is 1. The first kappa shape index (κ1) is 39.3. The summed E-state index contributed by atoms with van der Waals surface area (Å²) in [4.78, 5) is 62.3. The zero-order chi connectivity index (χ0) is 41.0. The lowest BCUT2D eigenvalue weighted by Gasteiger charge is -2.30. The van der Waals surface area contributed by atoms with E-state index in [0.29, 0.717) is 59.5 Å². The molecule has 306 valence electrons. The number of ether oxygens (including phenoxy) is 1. The number of nitrogens with one attached hydrogen (secondary N) is 3. The molecule has 0 radical (unpaired) electrons. The number of rotatable bonds is 8. The van der Waals surface area contributed by atoms with Crippen LogP contribution in [0.4, 0.5) is 13.2 Å². The fourth-order valence-corrected chi connectivity index (χ4v) is 9.20. The number of carbonyl (C=O) groups is 4. The van der Waals surface area contributed by atoms with E-state index in [9.17, 15) is 40.8 Å². The Morgan fingerprint density at radius 1 is 1.03 bits per heavy atom. The number of hydrogen-bond acceptors (Lipinski definition) is 9. The topological polar surface area (TPSA) is 182 Å². The normalized spacial score (nSPS) is 26.5. The van der Waals surface area contributed by atoms with E-state index >= 15 is 0 Å². The SMILES string of the molecule is CC1(S(=O)(=O)NC(=O)[C@@]23C[C@H]2/C=C\CCCCC[C@H](NC(=O)c2ccn(C(F)F)n2)C(=O)N2C[C@H](Oc4nc5ccccc5c5ccc(F)cc45)C[C@H]2C(=O)N3)CC1. The van der Waals surface area contributed by atoms with Crippen molar-refractivity contribution in [3.05, 3.63) is 78.4 Å². The first-order valence-electron chi connectivity index (χ1n) is 19.3. The number of carbonyl (C=O) groups excluding carboxylic acids is 4. The van der Waals surface area contributed by atoms with Crippen molar-refractivity contribution in [2.24, 2.45) is 5.92 Å². The predicted molar refractivity (Wildman–Crippen MR) is 204 cm³/mol. The van der Waals surface area contributed by atoms with Gasteiger partial charge in [0.25, 0.3) is 11.8 Å². The van der Waals surface area contributed by atoms with Gasteiger partial charge in [-0.3, -0.25) is 23.9 Å². The van der Waals surface area contributed by atoms with Crippen LogP contribution >= 0.6 is 0 Å². The average molecular weight is 822 g/mol. The van der Waals surface area contributed by atoms with Gasteiger partial charge in [0.05, 0.1) is 16.8 Å². The summed E-state index contributed by atoms with van der Waals surface area (Å²) < 4.78 is 75.4. The molecule has 4 amide bonds. The molecule has 2 aromatic carbocycles. The van der Waals surface area contributed by atoms with Gasteiger partial charge in [-0.2, -0.15) is 13.9 Å². The second kappa shape index (κ2) is 15.0. The van der Waals surface area contributed by atoms with Crippen LogP contribution in [0.5, 0.6) is 5.88 Å². The first-order valence-corrected chi connectivity index (χ1v) is 20.8. The molecule has 3 N–H and O–H groups in total. The van der Waals surface area contributed by atoms with Crippen molar-refractivity contribution in [3.8, 4) is 5.88 Å². The molecule has 4 heterocycles. The van der Waals surface area contributed by atoms with Gasteiger partial charge >= 0.3 is 6.55 Å². The fourth-order valence-electron chi connectivity index (χ4n) is 7.89. The molecule has 4 aromatic rings. The zero-order valence-corrected chi connectivity index (χ0v) is 32.3. The van der Waals surface area contributed by atoms with Crippen molar-refractivity contribution in [1.82, 2.24) is 35.0 Å². The van der Waals surface area contributed by atoms with E-state index in [4.69, 9.17) is 4.74 Å². The monoisotopic (exact) mass is 821 g/mol. The zero-order valence-electron chi connectivity index (χ0n) is 31.5. The minimum atomic E-state index is -4.06. The van der Waals surface area contributed by atoms with E-state index in [2.05, 4.69) is 25.4 Å². The maximum atomic E-state index is 14.7. The second-order valence-electron chi connectivity index (χ2n) is 15.8. The van der Waals surface area contributed by atoms with E-state index in [-0.39, 0.29) is 37.4 Å². The van der Waals surface area contributed by atoms with Crippen molar-refractivity contribution < 1.29 is 45.5 Å². The number of allylic oxidation sites excluding steroid dienone is 1. The molecule has 2 aliphatic carbocycles. The van der Waals surface area contributed by atoms with Gasteiger partial charge < -0.3 is 20.3 Å². The summed E-state index contributed by atoms with van der Waals surface area (Å²) >= 11 is 0. The predicted octanol–water partition coefficient (Wildman–Crippen LogP) is 4.66. The van der Waals surface area contributed by atoms with Gasteiger partial charge in [-0.25, -0.2) is 22.5 Å². The number of amides is 4. The molecule has 8 rings (SSSR count). The Hall–Kier alpha value is -5.52. The third-order valence-electron chi connectivity index (χ3n) is 11.7. The second-order valence-corrected chi connectivity index (χ2v) is 18.0. The van der Waals surface area contributed by atoms with Crippen LogP contribution in [0.1, 0.15) is 81.7 Å². The highest BCUT2D eigenvalue weighted by Crippen LogP contribution is 2.47. The largest absolute Gasteiger partial charge is 0.472 e. The third kappa shape index (κ3) is 7.49. The van der Waals surface area contributed by atoms with Gasteiger partial charge in [0.15, 0.2) is 0 Å². The highest BCUT2D eigenvalue weighted by molar-refractivity contribution is 7.91. The maximum absolute atomic E-state index is 14.7. The summed E-state index contributed by atoms with van der Waals surface area (Å²) in [5, 5.41) is 10.9. The van der Waals surface area contributed by atoms with Crippen LogP contribution in [0.25, 0.3) is 21.7 Å². The number of alkyl halides is 2. The highest BCUT2D eigenvalue weighted by atomic mass is 32.2. The van der Waals surface area contributed by atoms with Crippen LogP contribution in [-0.2, 0) is 24.4 Å². The van der Waals surface area contributed by atoms with Crippen molar-refractivity contribution >= 4 is 55.3 Å². The number of benzene rings is 2. The van der Waals surface area contributed by atoms with Gasteiger partial charge in [0.2, 0.25) is 27.7 Å². The molecule has 14 nitrogen and oxygen atoms in total. The average Bonchev–Trinajstić information content (AvgIpc) is 3.96. The molecule has 0 unspecified atom stereocenters. The van der Waals surface area contributed by atoms with E-state index < -0.39 is 80.4 Å². The molecule has 2 aliphatic heterocycles. The van der Waals surface area contributed by atoms with Crippen molar-refractivity contribution in [2.45, 2.75) is 99.7 Å². The van der Waals surface area contributed by atoms with Crippen LogP contribution in [0.3, 0.4) is 0 Å². The summed E-state index contributed by atoms with van der Waals surface area (Å²) in [6.45, 7) is -1.64. The molecule has 0 spiro atoms. The Bertz CT molecular complexity index is 2460. The third-order valence-corrected chi connectivity index (χ3v) is 13.9. The maximum Gasteiger partial charge on any atom is 0.333 e. The molecular formula is C40H42F3N7O7S. The first-order chi connectivity index (χ1) is 27.7. The minimum Gasteiger partial charge on any atom is -0.472 e. The fraction of sp³-hybridized carbons (Fsp3) is 0.450. The Balaban J connectivity index is 1.13. The number of hydrogen-bond donors (Lipinski definition) is 3. The summed E-state index contributed by atoms with van der Waals surface area (Å²) in [6.07, 6.45) is 7.05. The van der Waals surface area contributed by atoms with Crippen molar-refractivity contribution in [3.63, 3.8) is 0 Å². The van der Waals surface area contributed by atoms with E-state index in [1.54, 1.807) is 31.2 Å². The molecule has 5 atom stereocenters. The van der Waals surface area contributed by atoms with Crippen LogP contribution in [0, 0.1) is 11.7 Å². The number of nitrogens with zero attached hydrogens (tertiary/aromatic N) is 4. The summed E-state index contributed by atoms with van der Waals surface area (Å²) in [6, 6.07) is 10.1. The van der Waals surface area contributed by atoms with Gasteiger partial charge in [-0.15, -0.1) is 0 Å². The number of aromatic nitrogens is 3. The van der Waals surface area contributed by atoms with Crippen molar-refractivity contribution in [2.75, 3.05) is 6.54 Å². The summed E-state index contributed by atoms with van der Waals surface area (Å²) in [5.74, 6) is -4.16. The Labute approximate surface area is 331 Å². The van der Waals surface area contributed by atoms with Crippen molar-refractivity contribution in [1.29, 1.82) is 0 Å². The van der Waals surface area contributed by atoms with Crippen LogP contribution < -0.4 is 20.1 Å². The number of halogens is 3. The molecule has 4 aliphatic rings. The summed E-state index contributed by atoms with van der Waals surface area (Å²) in [7, 11) is -4.06. The van der Waals surface area contributed by atoms with Gasteiger partial charge in [-0.1, -0.05) is 49.3 Å². The molecule has 1 saturated heterocycles. The molecule has 58 heavy (non-hydrogen) atoms. The molecular weight excluding hydrogens is 780 g/mol. The molecule has 18 heteroatoms. The number of para-hydroxylation sites is 1. The minimum absolute atomic E-state index is 0.0651. The summed E-state index contributed by atoms with van der Waals surface area (Å²) in [5.41, 5.74) is -1.40. The van der Waals surface area contributed by atoms with Crippen LogP contribution in [0.2, 0.25) is 0 Å². The Kier molecular flexibility index (Phi) is 10.2. The molecule has 2 aromatic heterocycles. The number of pyridine rings is 1. The lowest BCUT2D eigenvalue weighted by atomic mass is 10.0. The van der Waals surface area contributed by atoms with E-state index in [1.807, 2.05) is 18.2 Å². The van der Waals surface area contributed by atoms with Gasteiger partial charge in [0.1, 0.15) is 35.2 Å². The van der Waals surface area contributed by atoms with Crippen LogP contribution in [-0.4, -0.2) is 86.7 Å². The van der Waals surface area contributed by atoms with E-state index in [1.165, 1.54) is 17.0 Å². The van der Waals surface area contributed by atoms with Gasteiger partial charge in [0, 0.05) is 29.3 Å². The lowest BCUT2D eigenvalue weighted by Crippen LogP contribution is -2.58. The smallest absolute Gasteiger partial charge is 0.333 e. The van der Waals surface area contributed by atoms with E-state index in [0.717, 1.165) is 17.6 Å². The Morgan fingerprint density at radius 2 is 1.83 bits per heavy atom.